The van der Waals surface area contributed by atoms with Crippen molar-refractivity contribution in [1.29, 1.82) is 0 Å². The maximum atomic E-state index is 11.0. The average Bonchev–Trinajstić information content (AvgIpc) is 2.90. The van der Waals surface area contributed by atoms with Gasteiger partial charge in [0.2, 0.25) is 0 Å². The Kier molecular flexibility index (Phi) is 3.40. The van der Waals surface area contributed by atoms with Crippen molar-refractivity contribution in [2.45, 2.75) is 19.3 Å². The fourth-order valence-electron chi connectivity index (χ4n) is 3.70. The van der Waals surface area contributed by atoms with Crippen LogP contribution >= 0.6 is 11.6 Å². The van der Waals surface area contributed by atoms with Crippen LogP contribution < -0.4 is 0 Å². The molecule has 3 rings (SSSR count). The van der Waals surface area contributed by atoms with E-state index in [1.54, 1.807) is 4.90 Å². The van der Waals surface area contributed by atoms with Crippen LogP contribution in [0, 0.1) is 17.8 Å². The van der Waals surface area contributed by atoms with Gasteiger partial charge >= 0.3 is 6.09 Å². The Labute approximate surface area is 118 Å². The molecule has 1 heterocycles. The third-order valence-electron chi connectivity index (χ3n) is 4.56. The van der Waals surface area contributed by atoms with E-state index in [9.17, 15) is 4.79 Å². The number of benzene rings is 1. The highest BCUT2D eigenvalue weighted by Crippen LogP contribution is 2.42. The molecule has 102 valence electrons. The number of likely N-dealkylation sites (tertiary alicyclic amines) is 1. The number of nitrogens with zero attached hydrogens (tertiary/aromatic N) is 1. The van der Waals surface area contributed by atoms with Crippen molar-refractivity contribution in [3.63, 3.8) is 0 Å². The van der Waals surface area contributed by atoms with Gasteiger partial charge in [0.1, 0.15) is 0 Å². The molecule has 2 fully saturated rings. The van der Waals surface area contributed by atoms with Crippen molar-refractivity contribution >= 4 is 17.7 Å². The quantitative estimate of drug-likeness (QED) is 0.900. The van der Waals surface area contributed by atoms with E-state index in [0.717, 1.165) is 37.4 Å². The van der Waals surface area contributed by atoms with Gasteiger partial charge in [-0.2, -0.15) is 0 Å². The molecule has 1 saturated carbocycles. The highest BCUT2D eigenvalue weighted by atomic mass is 35.5. The summed E-state index contributed by atoms with van der Waals surface area (Å²) in [6.45, 7) is 1.47. The molecule has 4 heteroatoms. The molecule has 1 aliphatic heterocycles. The number of carboxylic acid groups (broad SMARTS) is 1. The molecule has 3 atom stereocenters. The van der Waals surface area contributed by atoms with E-state index in [0.29, 0.717) is 17.8 Å². The van der Waals surface area contributed by atoms with Crippen molar-refractivity contribution in [3.8, 4) is 0 Å². The minimum atomic E-state index is -0.761. The van der Waals surface area contributed by atoms with Crippen LogP contribution in [0.15, 0.2) is 24.3 Å². The van der Waals surface area contributed by atoms with Gasteiger partial charge in [-0.25, -0.2) is 4.79 Å². The number of fused-ring (bicyclic) bond motifs is 1. The first kappa shape index (κ1) is 12.8. The molecule has 2 aliphatic rings. The summed E-state index contributed by atoms with van der Waals surface area (Å²) in [4.78, 5) is 12.5. The number of halogens is 1. The number of hydrogen-bond acceptors (Lipinski definition) is 1. The molecule has 1 amide bonds. The highest BCUT2D eigenvalue weighted by Gasteiger charge is 2.42. The lowest BCUT2D eigenvalue weighted by atomic mass is 9.96. The average molecular weight is 280 g/mol. The number of carbonyl (C=O) groups is 1. The van der Waals surface area contributed by atoms with Crippen LogP contribution in [0.5, 0.6) is 0 Å². The van der Waals surface area contributed by atoms with Gasteiger partial charge in [-0.1, -0.05) is 23.7 Å². The van der Waals surface area contributed by atoms with Crippen molar-refractivity contribution in [2.75, 3.05) is 13.1 Å². The third-order valence-corrected chi connectivity index (χ3v) is 4.81. The van der Waals surface area contributed by atoms with E-state index in [1.165, 1.54) is 5.56 Å². The predicted octanol–water partition coefficient (Wildman–Crippen LogP) is 3.52. The summed E-state index contributed by atoms with van der Waals surface area (Å²) in [5.74, 6) is 1.86. The Morgan fingerprint density at radius 2 is 1.79 bits per heavy atom. The van der Waals surface area contributed by atoms with Crippen LogP contribution in [0.4, 0.5) is 4.79 Å². The second-order valence-corrected chi connectivity index (χ2v) is 6.31. The fourth-order valence-corrected chi connectivity index (χ4v) is 3.83. The highest BCUT2D eigenvalue weighted by molar-refractivity contribution is 6.30. The molecule has 1 N–H and O–H groups in total. The van der Waals surface area contributed by atoms with Gasteiger partial charge in [-0.3, -0.25) is 0 Å². The standard InChI is InChI=1S/C15H18ClNO2/c16-14-3-1-10(2-4-14)5-11-6-12-8-17(15(18)19)9-13(12)7-11/h1-4,11-13H,5-9H2,(H,18,19)/t11?,12-,13+. The Morgan fingerprint density at radius 1 is 1.21 bits per heavy atom. The van der Waals surface area contributed by atoms with Crippen LogP contribution in [0.2, 0.25) is 5.02 Å². The second kappa shape index (κ2) is 5.04. The molecule has 1 unspecified atom stereocenters. The van der Waals surface area contributed by atoms with Gasteiger partial charge in [-0.15, -0.1) is 0 Å². The Hall–Kier alpha value is -1.22. The fraction of sp³-hybridized carbons (Fsp3) is 0.533. The molecular weight excluding hydrogens is 262 g/mol. The molecule has 1 aromatic rings. The van der Waals surface area contributed by atoms with E-state index in [-0.39, 0.29) is 0 Å². The molecule has 0 spiro atoms. The summed E-state index contributed by atoms with van der Waals surface area (Å²) in [6.07, 6.45) is 2.66. The molecule has 19 heavy (non-hydrogen) atoms. The van der Waals surface area contributed by atoms with Gasteiger partial charge in [0.05, 0.1) is 0 Å². The third kappa shape index (κ3) is 2.71. The number of hydrogen-bond donors (Lipinski definition) is 1. The zero-order chi connectivity index (χ0) is 13.4. The summed E-state index contributed by atoms with van der Waals surface area (Å²) in [5.41, 5.74) is 1.34. The zero-order valence-electron chi connectivity index (χ0n) is 10.8. The second-order valence-electron chi connectivity index (χ2n) is 5.88. The topological polar surface area (TPSA) is 40.5 Å². The summed E-state index contributed by atoms with van der Waals surface area (Å²) < 4.78 is 0. The van der Waals surface area contributed by atoms with Crippen LogP contribution in [0.1, 0.15) is 18.4 Å². The van der Waals surface area contributed by atoms with Crippen LogP contribution in [0.3, 0.4) is 0 Å². The molecule has 1 saturated heterocycles. The van der Waals surface area contributed by atoms with Gasteiger partial charge < -0.3 is 10.0 Å². The first-order valence-corrected chi connectivity index (χ1v) is 7.22. The van der Waals surface area contributed by atoms with Gasteiger partial charge in [-0.05, 0) is 54.7 Å². The van der Waals surface area contributed by atoms with Crippen LogP contribution in [-0.4, -0.2) is 29.2 Å². The van der Waals surface area contributed by atoms with Gasteiger partial charge in [0.25, 0.3) is 0 Å². The summed E-state index contributed by atoms with van der Waals surface area (Å²) >= 11 is 5.89. The lowest BCUT2D eigenvalue weighted by molar-refractivity contribution is 0.151. The molecule has 0 aromatic heterocycles. The van der Waals surface area contributed by atoms with Crippen molar-refractivity contribution in [3.05, 3.63) is 34.9 Å². The van der Waals surface area contributed by atoms with Gasteiger partial charge in [0.15, 0.2) is 0 Å². The van der Waals surface area contributed by atoms with E-state index in [2.05, 4.69) is 12.1 Å². The summed E-state index contributed by atoms with van der Waals surface area (Å²) in [7, 11) is 0. The molecule has 1 aromatic carbocycles. The van der Waals surface area contributed by atoms with Crippen molar-refractivity contribution < 1.29 is 9.90 Å². The molecule has 0 radical (unpaired) electrons. The number of rotatable bonds is 2. The maximum Gasteiger partial charge on any atom is 0.407 e. The summed E-state index contributed by atoms with van der Waals surface area (Å²) in [5, 5.41) is 9.79. The molecule has 3 nitrogen and oxygen atoms in total. The minimum Gasteiger partial charge on any atom is -0.465 e. The SMILES string of the molecule is O=C(O)N1C[C@H]2CC(Cc3ccc(Cl)cc3)C[C@H]2C1. The van der Waals surface area contributed by atoms with Crippen LogP contribution in [0.25, 0.3) is 0 Å². The largest absolute Gasteiger partial charge is 0.465 e. The van der Waals surface area contributed by atoms with E-state index >= 15 is 0 Å². The van der Waals surface area contributed by atoms with E-state index < -0.39 is 6.09 Å². The number of amides is 1. The first-order valence-electron chi connectivity index (χ1n) is 6.84. The molecule has 1 aliphatic carbocycles. The van der Waals surface area contributed by atoms with E-state index in [4.69, 9.17) is 16.7 Å². The monoisotopic (exact) mass is 279 g/mol. The smallest absolute Gasteiger partial charge is 0.407 e. The van der Waals surface area contributed by atoms with Crippen molar-refractivity contribution in [2.24, 2.45) is 17.8 Å². The zero-order valence-corrected chi connectivity index (χ0v) is 11.5. The normalized spacial score (nSPS) is 29.5. The minimum absolute atomic E-state index is 0.577. The lowest BCUT2D eigenvalue weighted by Gasteiger charge is -2.16. The molecular formula is C15H18ClNO2. The first-order chi connectivity index (χ1) is 9.11. The lowest BCUT2D eigenvalue weighted by Crippen LogP contribution is -2.28. The molecule has 0 bridgehead atoms. The maximum absolute atomic E-state index is 11.0. The van der Waals surface area contributed by atoms with E-state index in [1.807, 2.05) is 12.1 Å². The predicted molar refractivity (Wildman–Crippen MR) is 74.5 cm³/mol. The van der Waals surface area contributed by atoms with Crippen LogP contribution in [-0.2, 0) is 6.42 Å². The Morgan fingerprint density at radius 3 is 2.32 bits per heavy atom. The Balaban J connectivity index is 1.57. The Bertz CT molecular complexity index is 460. The van der Waals surface area contributed by atoms with Gasteiger partial charge in [0, 0.05) is 18.1 Å². The van der Waals surface area contributed by atoms with Crippen molar-refractivity contribution in [1.82, 2.24) is 4.90 Å². The summed E-state index contributed by atoms with van der Waals surface area (Å²) in [6, 6.07) is 8.08.